The van der Waals surface area contributed by atoms with Crippen LogP contribution in [0.25, 0.3) is 11.1 Å². The minimum Gasteiger partial charge on any atom is -0.362 e. The Kier molecular flexibility index (Phi) is 10.1. The zero-order valence-electron chi connectivity index (χ0n) is 21.5. The van der Waals surface area contributed by atoms with Crippen LogP contribution in [-0.2, 0) is 14.8 Å². The van der Waals surface area contributed by atoms with Crippen molar-refractivity contribution in [2.24, 2.45) is 5.14 Å². The lowest BCUT2D eigenvalue weighted by atomic mass is 10.1. The number of thiocarbonyl (C=S) groups is 1. The molecule has 0 aliphatic carbocycles. The third-order valence-corrected chi connectivity index (χ3v) is 7.23. The van der Waals surface area contributed by atoms with Crippen molar-refractivity contribution in [1.82, 2.24) is 5.32 Å². The van der Waals surface area contributed by atoms with Gasteiger partial charge in [-0.05, 0) is 48.7 Å². The van der Waals surface area contributed by atoms with Crippen LogP contribution in [0.5, 0.6) is 0 Å². The van der Waals surface area contributed by atoms with Gasteiger partial charge in [-0.15, -0.1) is 0 Å². The fraction of sp³-hybridized carbons (Fsp3) is 0.250. The molecular formula is C28H33N5O3S2. The van der Waals surface area contributed by atoms with E-state index in [1.807, 2.05) is 36.1 Å². The molecule has 0 aliphatic rings. The van der Waals surface area contributed by atoms with E-state index < -0.39 is 10.0 Å². The minimum atomic E-state index is -3.87. The SMILES string of the molecule is CCCCN(CC(=O)Nc1ccc(-c2ccccc2S(N)(=O)=O)cc1)c1cccc(C(=N)NC(=S)CC)c1. The first-order chi connectivity index (χ1) is 18.1. The maximum absolute atomic E-state index is 13.0. The third-order valence-electron chi connectivity index (χ3n) is 5.87. The van der Waals surface area contributed by atoms with Crippen molar-refractivity contribution in [2.45, 2.75) is 38.0 Å². The van der Waals surface area contributed by atoms with Gasteiger partial charge >= 0.3 is 0 Å². The molecule has 0 fully saturated rings. The molecule has 0 spiro atoms. The third kappa shape index (κ3) is 7.95. The second-order valence-corrected chi connectivity index (χ2v) is 10.8. The molecule has 0 atom stereocenters. The summed E-state index contributed by atoms with van der Waals surface area (Å²) in [6.07, 6.45) is 2.53. The number of rotatable bonds is 11. The second-order valence-electron chi connectivity index (χ2n) is 8.77. The smallest absolute Gasteiger partial charge is 0.243 e. The zero-order valence-corrected chi connectivity index (χ0v) is 23.2. The summed E-state index contributed by atoms with van der Waals surface area (Å²) in [5, 5.41) is 19.5. The van der Waals surface area contributed by atoms with Gasteiger partial charge in [-0.2, -0.15) is 0 Å². The van der Waals surface area contributed by atoms with E-state index in [0.29, 0.717) is 40.3 Å². The van der Waals surface area contributed by atoms with Gasteiger partial charge in [0.05, 0.1) is 16.4 Å². The van der Waals surface area contributed by atoms with Crippen molar-refractivity contribution in [3.05, 3.63) is 78.4 Å². The molecule has 0 unspecified atom stereocenters. The van der Waals surface area contributed by atoms with Crippen LogP contribution in [0.3, 0.4) is 0 Å². The van der Waals surface area contributed by atoms with Crippen LogP contribution < -0.4 is 20.7 Å². The topological polar surface area (TPSA) is 128 Å². The lowest BCUT2D eigenvalue weighted by Crippen LogP contribution is -2.34. The number of hydrogen-bond acceptors (Lipinski definition) is 6. The molecule has 1 amide bonds. The number of nitrogens with two attached hydrogens (primary N) is 1. The van der Waals surface area contributed by atoms with Crippen molar-refractivity contribution in [3.8, 4) is 11.1 Å². The Bertz CT molecular complexity index is 1410. The fourth-order valence-corrected chi connectivity index (χ4v) is 4.73. The van der Waals surface area contributed by atoms with Crippen LogP contribution in [0.4, 0.5) is 11.4 Å². The summed E-state index contributed by atoms with van der Waals surface area (Å²) < 4.78 is 23.9. The van der Waals surface area contributed by atoms with Crippen molar-refractivity contribution in [1.29, 1.82) is 5.41 Å². The monoisotopic (exact) mass is 551 g/mol. The van der Waals surface area contributed by atoms with Crippen LogP contribution in [-0.4, -0.2) is 38.2 Å². The Morgan fingerprint density at radius 2 is 1.74 bits per heavy atom. The molecule has 3 rings (SSSR count). The predicted molar refractivity (Wildman–Crippen MR) is 158 cm³/mol. The van der Waals surface area contributed by atoms with Crippen LogP contribution in [0, 0.1) is 5.41 Å². The van der Waals surface area contributed by atoms with Gasteiger partial charge in [0.1, 0.15) is 5.84 Å². The Hall–Kier alpha value is -3.60. The molecule has 38 heavy (non-hydrogen) atoms. The number of unbranched alkanes of at least 4 members (excludes halogenated alkanes) is 1. The number of benzene rings is 3. The van der Waals surface area contributed by atoms with E-state index in [0.717, 1.165) is 18.5 Å². The van der Waals surface area contributed by atoms with Gasteiger partial charge in [0.2, 0.25) is 15.9 Å². The van der Waals surface area contributed by atoms with Crippen molar-refractivity contribution in [2.75, 3.05) is 23.3 Å². The van der Waals surface area contributed by atoms with Crippen LogP contribution in [0.15, 0.2) is 77.7 Å². The number of amides is 1. The van der Waals surface area contributed by atoms with E-state index in [4.69, 9.17) is 22.8 Å². The summed E-state index contributed by atoms with van der Waals surface area (Å²) >= 11 is 5.20. The fourth-order valence-electron chi connectivity index (χ4n) is 3.87. The highest BCUT2D eigenvalue weighted by Crippen LogP contribution is 2.27. The molecule has 10 heteroatoms. The number of amidine groups is 1. The van der Waals surface area contributed by atoms with Crippen LogP contribution in [0.1, 0.15) is 38.7 Å². The summed E-state index contributed by atoms with van der Waals surface area (Å²) in [6, 6.07) is 21.0. The summed E-state index contributed by atoms with van der Waals surface area (Å²) in [5.74, 6) is 0.0345. The van der Waals surface area contributed by atoms with E-state index >= 15 is 0 Å². The van der Waals surface area contributed by atoms with E-state index in [1.165, 1.54) is 6.07 Å². The maximum Gasteiger partial charge on any atom is 0.243 e. The molecule has 0 aliphatic heterocycles. The van der Waals surface area contributed by atoms with Gasteiger partial charge in [-0.1, -0.05) is 75.0 Å². The maximum atomic E-state index is 13.0. The molecule has 8 nitrogen and oxygen atoms in total. The van der Waals surface area contributed by atoms with Crippen LogP contribution >= 0.6 is 12.2 Å². The number of nitrogens with one attached hydrogen (secondary N) is 3. The molecule has 0 aromatic heterocycles. The quantitative estimate of drug-likeness (QED) is 0.152. The largest absolute Gasteiger partial charge is 0.362 e. The summed E-state index contributed by atoms with van der Waals surface area (Å²) in [4.78, 5) is 15.6. The van der Waals surface area contributed by atoms with Gasteiger partial charge in [-0.25, -0.2) is 13.6 Å². The zero-order chi connectivity index (χ0) is 27.7. The molecule has 200 valence electrons. The van der Waals surface area contributed by atoms with E-state index in [2.05, 4.69) is 17.6 Å². The summed E-state index contributed by atoms with van der Waals surface area (Å²) in [7, 11) is -3.87. The summed E-state index contributed by atoms with van der Waals surface area (Å²) in [6.45, 7) is 4.84. The Morgan fingerprint density at radius 1 is 1.03 bits per heavy atom. The van der Waals surface area contributed by atoms with Gasteiger partial charge < -0.3 is 15.5 Å². The lowest BCUT2D eigenvalue weighted by Gasteiger charge is -2.25. The average Bonchev–Trinajstić information content (AvgIpc) is 2.91. The van der Waals surface area contributed by atoms with Crippen molar-refractivity contribution < 1.29 is 13.2 Å². The lowest BCUT2D eigenvalue weighted by molar-refractivity contribution is -0.115. The predicted octanol–water partition coefficient (Wildman–Crippen LogP) is 4.90. The standard InChI is InChI=1S/C28H33N5O3S2/c1-3-5-17-33(23-10-8-9-21(18-23)28(29)32-27(37)4-2)19-26(34)31-22-15-13-20(14-16-22)24-11-6-7-12-25(24)38(30,35)36/h6-16,18H,3-5,17,19H2,1-2H3,(H,31,34)(H2,29,32,37)(H2,30,35,36). The second kappa shape index (κ2) is 13.3. The number of primary sulfonamides is 1. The van der Waals surface area contributed by atoms with Gasteiger partial charge in [0.15, 0.2) is 0 Å². The van der Waals surface area contributed by atoms with E-state index in [-0.39, 0.29) is 23.2 Å². The minimum absolute atomic E-state index is 0.0466. The highest BCUT2D eigenvalue weighted by atomic mass is 32.2. The molecule has 3 aromatic rings. The molecule has 0 heterocycles. The average molecular weight is 552 g/mol. The Labute approximate surface area is 229 Å². The molecular weight excluding hydrogens is 518 g/mol. The van der Waals surface area contributed by atoms with Gasteiger partial charge in [-0.3, -0.25) is 10.2 Å². The number of carbonyl (C=O) groups excluding carboxylic acids is 1. The number of nitrogens with zero attached hydrogens (tertiary/aromatic N) is 1. The molecule has 0 radical (unpaired) electrons. The molecule has 0 saturated carbocycles. The molecule has 0 saturated heterocycles. The Morgan fingerprint density at radius 3 is 2.39 bits per heavy atom. The Balaban J connectivity index is 1.74. The number of hydrogen-bond donors (Lipinski definition) is 4. The highest BCUT2D eigenvalue weighted by molar-refractivity contribution is 7.89. The molecule has 0 bridgehead atoms. The first-order valence-corrected chi connectivity index (χ1v) is 14.3. The molecule has 5 N–H and O–H groups in total. The molecule has 3 aromatic carbocycles. The summed E-state index contributed by atoms with van der Waals surface area (Å²) in [5.41, 5.74) is 3.30. The van der Waals surface area contributed by atoms with Crippen molar-refractivity contribution >= 4 is 50.3 Å². The normalized spacial score (nSPS) is 11.0. The van der Waals surface area contributed by atoms with Crippen molar-refractivity contribution in [3.63, 3.8) is 0 Å². The highest BCUT2D eigenvalue weighted by Gasteiger charge is 2.16. The van der Waals surface area contributed by atoms with Gasteiger partial charge in [0, 0.05) is 29.0 Å². The number of carbonyl (C=O) groups is 1. The number of anilines is 2. The number of sulfonamides is 1. The van der Waals surface area contributed by atoms with E-state index in [1.54, 1.807) is 42.5 Å². The first-order valence-electron chi connectivity index (χ1n) is 12.4. The first kappa shape index (κ1) is 29.0. The van der Waals surface area contributed by atoms with Gasteiger partial charge in [0.25, 0.3) is 0 Å². The van der Waals surface area contributed by atoms with Crippen LogP contribution in [0.2, 0.25) is 0 Å². The van der Waals surface area contributed by atoms with E-state index in [9.17, 15) is 13.2 Å².